The molecule has 0 aliphatic carbocycles. The standard InChI is InChI=1S/C24H12ClF5O5/c1-10-14-8-13(6-7-15(14)35-24(32)17(10)11-2-4-12(25)5-3-11)34-16(31)9-33-23-21(29)19(27)18(26)20(28)22(23)30/h2-8H,9H2,1H3. The maximum Gasteiger partial charge on any atom is 0.349 e. The molecule has 4 rings (SSSR count). The highest BCUT2D eigenvalue weighted by atomic mass is 35.5. The van der Waals surface area contributed by atoms with E-state index in [0.29, 0.717) is 21.5 Å². The molecule has 0 spiro atoms. The average Bonchev–Trinajstić information content (AvgIpc) is 2.83. The summed E-state index contributed by atoms with van der Waals surface area (Å²) in [4.78, 5) is 24.6. The molecule has 0 atom stereocenters. The van der Waals surface area contributed by atoms with Gasteiger partial charge in [0.15, 0.2) is 12.4 Å². The second kappa shape index (κ2) is 9.38. The van der Waals surface area contributed by atoms with E-state index in [4.69, 9.17) is 20.8 Å². The molecule has 0 saturated heterocycles. The van der Waals surface area contributed by atoms with Crippen molar-refractivity contribution in [1.29, 1.82) is 0 Å². The van der Waals surface area contributed by atoms with Gasteiger partial charge in [0.2, 0.25) is 29.1 Å². The largest absolute Gasteiger partial charge is 0.476 e. The molecule has 11 heteroatoms. The molecule has 3 aromatic carbocycles. The number of aryl methyl sites for hydroxylation is 1. The van der Waals surface area contributed by atoms with Gasteiger partial charge in [-0.1, -0.05) is 23.7 Å². The summed E-state index contributed by atoms with van der Waals surface area (Å²) in [6.07, 6.45) is 0. The highest BCUT2D eigenvalue weighted by Gasteiger charge is 2.27. The van der Waals surface area contributed by atoms with Gasteiger partial charge in [-0.05, 0) is 48.4 Å². The molecule has 0 aliphatic rings. The number of esters is 1. The number of ether oxygens (including phenoxy) is 2. The minimum absolute atomic E-state index is 0.0532. The fraction of sp³-hybridized carbons (Fsp3) is 0.0833. The summed E-state index contributed by atoms with van der Waals surface area (Å²) in [6.45, 7) is 0.496. The van der Waals surface area contributed by atoms with E-state index in [1.54, 1.807) is 31.2 Å². The lowest BCUT2D eigenvalue weighted by Crippen LogP contribution is -2.19. The lowest BCUT2D eigenvalue weighted by atomic mass is 9.99. The van der Waals surface area contributed by atoms with Crippen molar-refractivity contribution in [3.63, 3.8) is 0 Å². The number of hydrogen-bond donors (Lipinski definition) is 0. The van der Waals surface area contributed by atoms with Crippen molar-refractivity contribution in [2.45, 2.75) is 6.92 Å². The zero-order valence-electron chi connectivity index (χ0n) is 17.6. The number of rotatable bonds is 5. The zero-order valence-corrected chi connectivity index (χ0v) is 18.3. The van der Waals surface area contributed by atoms with Crippen molar-refractivity contribution >= 4 is 28.5 Å². The molecule has 35 heavy (non-hydrogen) atoms. The van der Waals surface area contributed by atoms with Crippen LogP contribution in [0.4, 0.5) is 22.0 Å². The van der Waals surface area contributed by atoms with E-state index in [1.165, 1.54) is 18.2 Å². The van der Waals surface area contributed by atoms with Crippen molar-refractivity contribution in [3.8, 4) is 22.6 Å². The van der Waals surface area contributed by atoms with Gasteiger partial charge in [0.1, 0.15) is 11.3 Å². The number of fused-ring (bicyclic) bond motifs is 1. The summed E-state index contributed by atoms with van der Waals surface area (Å²) < 4.78 is 81.9. The number of halogens is 6. The molecule has 0 amide bonds. The van der Waals surface area contributed by atoms with Crippen LogP contribution in [0.25, 0.3) is 22.1 Å². The first-order valence-corrected chi connectivity index (χ1v) is 10.1. The van der Waals surface area contributed by atoms with Gasteiger partial charge in [0.25, 0.3) is 0 Å². The molecule has 0 aliphatic heterocycles. The second-order valence-corrected chi connectivity index (χ2v) is 7.65. The minimum atomic E-state index is -2.36. The lowest BCUT2D eigenvalue weighted by molar-refractivity contribution is -0.136. The quantitative estimate of drug-likeness (QED) is 0.0810. The van der Waals surface area contributed by atoms with Crippen LogP contribution in [0.5, 0.6) is 11.5 Å². The van der Waals surface area contributed by atoms with Crippen LogP contribution < -0.4 is 15.1 Å². The van der Waals surface area contributed by atoms with E-state index in [-0.39, 0.29) is 16.9 Å². The molecule has 1 aromatic heterocycles. The van der Waals surface area contributed by atoms with Crippen LogP contribution in [-0.4, -0.2) is 12.6 Å². The lowest BCUT2D eigenvalue weighted by Gasteiger charge is -2.11. The minimum Gasteiger partial charge on any atom is -0.476 e. The van der Waals surface area contributed by atoms with Crippen LogP contribution in [0.15, 0.2) is 51.7 Å². The molecule has 1 heterocycles. The maximum absolute atomic E-state index is 13.7. The Labute approximate surface area is 198 Å². The summed E-state index contributed by atoms with van der Waals surface area (Å²) in [5.41, 5.74) is 0.906. The molecule has 0 fully saturated rings. The van der Waals surface area contributed by atoms with Crippen molar-refractivity contribution in [1.82, 2.24) is 0 Å². The average molecular weight is 511 g/mol. The number of benzene rings is 3. The molecule has 0 bridgehead atoms. The first-order valence-electron chi connectivity index (χ1n) is 9.76. The van der Waals surface area contributed by atoms with Crippen LogP contribution >= 0.6 is 11.6 Å². The van der Waals surface area contributed by atoms with E-state index in [0.717, 1.165) is 0 Å². The van der Waals surface area contributed by atoms with Gasteiger partial charge in [-0.25, -0.2) is 22.8 Å². The fourth-order valence-electron chi connectivity index (χ4n) is 3.35. The Morgan fingerprint density at radius 1 is 0.914 bits per heavy atom. The van der Waals surface area contributed by atoms with Crippen LogP contribution in [0.2, 0.25) is 5.02 Å². The first kappa shape index (κ1) is 24.2. The second-order valence-electron chi connectivity index (χ2n) is 7.22. The predicted octanol–water partition coefficient (Wildman–Crippen LogP) is 6.10. The topological polar surface area (TPSA) is 65.7 Å². The van der Waals surface area contributed by atoms with Gasteiger partial charge >= 0.3 is 11.6 Å². The Hall–Kier alpha value is -3.92. The number of carbonyl (C=O) groups is 1. The monoisotopic (exact) mass is 510 g/mol. The van der Waals surface area contributed by atoms with E-state index >= 15 is 0 Å². The first-order chi connectivity index (χ1) is 16.6. The highest BCUT2D eigenvalue weighted by Crippen LogP contribution is 2.31. The van der Waals surface area contributed by atoms with Crippen molar-refractivity contribution in [3.05, 3.63) is 92.6 Å². The van der Waals surface area contributed by atoms with Crippen LogP contribution in [0.1, 0.15) is 5.56 Å². The van der Waals surface area contributed by atoms with Gasteiger partial charge in [0, 0.05) is 10.4 Å². The summed E-state index contributed by atoms with van der Waals surface area (Å²) in [5, 5.41) is 0.888. The van der Waals surface area contributed by atoms with Gasteiger partial charge in [-0.15, -0.1) is 0 Å². The Morgan fingerprint density at radius 3 is 2.14 bits per heavy atom. The molecular formula is C24H12ClF5O5. The van der Waals surface area contributed by atoms with Gasteiger partial charge < -0.3 is 13.9 Å². The predicted molar refractivity (Wildman–Crippen MR) is 115 cm³/mol. The Balaban J connectivity index is 1.59. The molecule has 4 aromatic rings. The van der Waals surface area contributed by atoms with Gasteiger partial charge in [0.05, 0.1) is 5.56 Å². The van der Waals surface area contributed by atoms with Gasteiger partial charge in [-0.2, -0.15) is 8.78 Å². The SMILES string of the molecule is Cc1c(-c2ccc(Cl)cc2)c(=O)oc2ccc(OC(=O)COc3c(F)c(F)c(F)c(F)c3F)cc12. The third kappa shape index (κ3) is 4.57. The van der Waals surface area contributed by atoms with Crippen molar-refractivity contribution in [2.24, 2.45) is 0 Å². The third-order valence-electron chi connectivity index (χ3n) is 5.01. The molecule has 5 nitrogen and oxygen atoms in total. The third-order valence-corrected chi connectivity index (χ3v) is 5.26. The highest BCUT2D eigenvalue weighted by molar-refractivity contribution is 6.30. The van der Waals surface area contributed by atoms with E-state index in [2.05, 4.69) is 4.74 Å². The molecule has 180 valence electrons. The van der Waals surface area contributed by atoms with Gasteiger partial charge in [-0.3, -0.25) is 0 Å². The Bertz CT molecular complexity index is 1500. The summed E-state index contributed by atoms with van der Waals surface area (Å²) in [6, 6.07) is 10.5. The number of carbonyl (C=O) groups excluding carboxylic acids is 1. The van der Waals surface area contributed by atoms with E-state index in [9.17, 15) is 31.5 Å². The molecule has 0 N–H and O–H groups in total. The van der Waals surface area contributed by atoms with Crippen LogP contribution in [0, 0.1) is 36.0 Å². The molecular weight excluding hydrogens is 499 g/mol. The molecule has 0 radical (unpaired) electrons. The molecule has 0 saturated carbocycles. The van der Waals surface area contributed by atoms with Crippen molar-refractivity contribution < 1.29 is 40.6 Å². The maximum atomic E-state index is 13.7. The smallest absolute Gasteiger partial charge is 0.349 e. The fourth-order valence-corrected chi connectivity index (χ4v) is 3.47. The zero-order chi connectivity index (χ0) is 25.4. The summed E-state index contributed by atoms with van der Waals surface area (Å²) in [5.74, 6) is -14.1. The van der Waals surface area contributed by atoms with Crippen LogP contribution in [0.3, 0.4) is 0 Å². The van der Waals surface area contributed by atoms with E-state index < -0.39 is 53.0 Å². The summed E-state index contributed by atoms with van der Waals surface area (Å²) in [7, 11) is 0. The summed E-state index contributed by atoms with van der Waals surface area (Å²) >= 11 is 5.89. The van der Waals surface area contributed by atoms with E-state index in [1.807, 2.05) is 0 Å². The normalized spacial score (nSPS) is 11.1. The van der Waals surface area contributed by atoms with Crippen molar-refractivity contribution in [2.75, 3.05) is 6.61 Å². The Morgan fingerprint density at radius 2 is 1.51 bits per heavy atom. The molecule has 0 unspecified atom stereocenters. The van der Waals surface area contributed by atoms with Crippen LogP contribution in [-0.2, 0) is 4.79 Å². The Kier molecular flexibility index (Phi) is 6.49. The number of hydrogen-bond acceptors (Lipinski definition) is 5.